The molecule has 16 heavy (non-hydrogen) atoms. The summed E-state index contributed by atoms with van der Waals surface area (Å²) < 4.78 is 5.95. The first kappa shape index (κ1) is 13.0. The molecule has 0 atom stereocenters. The van der Waals surface area contributed by atoms with Crippen LogP contribution in [0.3, 0.4) is 0 Å². The Kier molecular flexibility index (Phi) is 4.80. The molecule has 0 fully saturated rings. The van der Waals surface area contributed by atoms with Gasteiger partial charge in [0.15, 0.2) is 0 Å². The minimum atomic E-state index is -0.232. The van der Waals surface area contributed by atoms with Crippen LogP contribution in [0.25, 0.3) is 0 Å². The molecule has 0 aliphatic heterocycles. The third-order valence-corrected chi connectivity index (χ3v) is 2.83. The molecule has 0 saturated heterocycles. The molecule has 4 heteroatoms. The number of hydrogen-bond donors (Lipinski definition) is 0. The smallest absolute Gasteiger partial charge is 0.302 e. The summed E-state index contributed by atoms with van der Waals surface area (Å²) in [7, 11) is 4.00. The lowest BCUT2D eigenvalue weighted by molar-refractivity contribution is -0.140. The maximum absolute atomic E-state index is 10.6. The van der Waals surface area contributed by atoms with E-state index < -0.39 is 0 Å². The van der Waals surface area contributed by atoms with Crippen LogP contribution in [0.2, 0.25) is 0 Å². The van der Waals surface area contributed by atoms with Crippen molar-refractivity contribution in [3.05, 3.63) is 28.2 Å². The van der Waals surface area contributed by atoms with Crippen molar-refractivity contribution in [2.24, 2.45) is 0 Å². The van der Waals surface area contributed by atoms with E-state index >= 15 is 0 Å². The molecule has 0 unspecified atom stereocenters. The van der Waals surface area contributed by atoms with Gasteiger partial charge in [-0.2, -0.15) is 0 Å². The molecule has 0 spiro atoms. The van der Waals surface area contributed by atoms with Crippen molar-refractivity contribution < 1.29 is 9.53 Å². The monoisotopic (exact) mass is 285 g/mol. The zero-order chi connectivity index (χ0) is 12.1. The van der Waals surface area contributed by atoms with Gasteiger partial charge < -0.3 is 9.64 Å². The lowest BCUT2D eigenvalue weighted by atomic mass is 10.1. The average molecular weight is 286 g/mol. The zero-order valence-corrected chi connectivity index (χ0v) is 11.4. The second-order valence-corrected chi connectivity index (χ2v) is 4.62. The Morgan fingerprint density at radius 2 is 2.12 bits per heavy atom. The average Bonchev–Trinajstić information content (AvgIpc) is 2.16. The SMILES string of the molecule is CC(=O)OCCc1ccc(N(C)C)c(Br)c1. The first-order chi connectivity index (χ1) is 7.50. The molecule has 1 rings (SSSR count). The molecule has 0 aromatic heterocycles. The van der Waals surface area contributed by atoms with Crippen LogP contribution in [0.4, 0.5) is 5.69 Å². The van der Waals surface area contributed by atoms with Gasteiger partial charge in [0.25, 0.3) is 0 Å². The molecule has 0 aliphatic rings. The van der Waals surface area contributed by atoms with Gasteiger partial charge in [0.05, 0.1) is 12.3 Å². The Balaban J connectivity index is 2.63. The summed E-state index contributed by atoms with van der Waals surface area (Å²) in [5, 5.41) is 0. The van der Waals surface area contributed by atoms with Gasteiger partial charge in [-0.05, 0) is 33.6 Å². The number of halogens is 1. The lowest BCUT2D eigenvalue weighted by Gasteiger charge is -2.15. The summed E-state index contributed by atoms with van der Waals surface area (Å²) in [5.41, 5.74) is 2.29. The lowest BCUT2D eigenvalue weighted by Crippen LogP contribution is -2.09. The van der Waals surface area contributed by atoms with Gasteiger partial charge in [-0.1, -0.05) is 6.07 Å². The van der Waals surface area contributed by atoms with Gasteiger partial charge in [0.1, 0.15) is 0 Å². The summed E-state index contributed by atoms with van der Waals surface area (Å²) >= 11 is 3.52. The summed E-state index contributed by atoms with van der Waals surface area (Å²) in [5.74, 6) is -0.232. The standard InChI is InChI=1S/C12H16BrNO2/c1-9(15)16-7-6-10-4-5-12(14(2)3)11(13)8-10/h4-5,8H,6-7H2,1-3H3. The normalized spacial score (nSPS) is 10.0. The molecule has 3 nitrogen and oxygen atoms in total. The van der Waals surface area contributed by atoms with Crippen molar-refractivity contribution >= 4 is 27.6 Å². The molecule has 1 aromatic rings. The van der Waals surface area contributed by atoms with E-state index in [9.17, 15) is 4.79 Å². The number of ether oxygens (including phenoxy) is 1. The second kappa shape index (κ2) is 5.89. The highest BCUT2D eigenvalue weighted by Gasteiger charge is 2.03. The molecule has 88 valence electrons. The number of carbonyl (C=O) groups is 1. The molecule has 0 bridgehead atoms. The van der Waals surface area contributed by atoms with E-state index in [0.717, 1.165) is 22.1 Å². The predicted octanol–water partition coefficient (Wildman–Crippen LogP) is 2.62. The van der Waals surface area contributed by atoms with Crippen LogP contribution in [-0.2, 0) is 16.0 Å². The summed E-state index contributed by atoms with van der Waals surface area (Å²) in [6.45, 7) is 1.86. The number of anilines is 1. The summed E-state index contributed by atoms with van der Waals surface area (Å²) in [6, 6.07) is 6.15. The van der Waals surface area contributed by atoms with E-state index in [2.05, 4.69) is 22.0 Å². The quantitative estimate of drug-likeness (QED) is 0.797. The molecular formula is C12H16BrNO2. The van der Waals surface area contributed by atoms with E-state index in [-0.39, 0.29) is 5.97 Å². The minimum Gasteiger partial charge on any atom is -0.466 e. The van der Waals surface area contributed by atoms with Gasteiger partial charge in [-0.25, -0.2) is 0 Å². The van der Waals surface area contributed by atoms with Crippen LogP contribution in [0, 0.1) is 0 Å². The van der Waals surface area contributed by atoms with Crippen LogP contribution in [0.15, 0.2) is 22.7 Å². The third kappa shape index (κ3) is 3.85. The molecule has 0 aliphatic carbocycles. The van der Waals surface area contributed by atoms with Crippen molar-refractivity contribution in [1.29, 1.82) is 0 Å². The van der Waals surface area contributed by atoms with Crippen LogP contribution in [0.5, 0.6) is 0 Å². The molecule has 0 radical (unpaired) electrons. The van der Waals surface area contributed by atoms with Crippen molar-refractivity contribution in [2.75, 3.05) is 25.6 Å². The van der Waals surface area contributed by atoms with Crippen LogP contribution >= 0.6 is 15.9 Å². The first-order valence-corrected chi connectivity index (χ1v) is 5.89. The first-order valence-electron chi connectivity index (χ1n) is 5.10. The van der Waals surface area contributed by atoms with Gasteiger partial charge in [-0.15, -0.1) is 0 Å². The van der Waals surface area contributed by atoms with Gasteiger partial charge in [0.2, 0.25) is 0 Å². The molecule has 0 amide bonds. The largest absolute Gasteiger partial charge is 0.466 e. The summed E-state index contributed by atoms with van der Waals surface area (Å²) in [4.78, 5) is 12.6. The fourth-order valence-corrected chi connectivity index (χ4v) is 2.16. The fraction of sp³-hybridized carbons (Fsp3) is 0.417. The van der Waals surface area contributed by atoms with Crippen LogP contribution < -0.4 is 4.90 Å². The highest BCUT2D eigenvalue weighted by Crippen LogP contribution is 2.25. The third-order valence-electron chi connectivity index (χ3n) is 2.19. The van der Waals surface area contributed by atoms with Crippen molar-refractivity contribution in [3.8, 4) is 0 Å². The zero-order valence-electron chi connectivity index (χ0n) is 9.79. The Labute approximate surface area is 105 Å². The van der Waals surface area contributed by atoms with Crippen LogP contribution in [0.1, 0.15) is 12.5 Å². The van der Waals surface area contributed by atoms with Crippen molar-refractivity contribution in [2.45, 2.75) is 13.3 Å². The van der Waals surface area contributed by atoms with Gasteiger partial charge >= 0.3 is 5.97 Å². The van der Waals surface area contributed by atoms with E-state index in [1.165, 1.54) is 6.92 Å². The number of rotatable bonds is 4. The highest BCUT2D eigenvalue weighted by molar-refractivity contribution is 9.10. The topological polar surface area (TPSA) is 29.5 Å². The number of benzene rings is 1. The highest BCUT2D eigenvalue weighted by atomic mass is 79.9. The number of carbonyl (C=O) groups excluding carboxylic acids is 1. The number of esters is 1. The van der Waals surface area contributed by atoms with Crippen LogP contribution in [-0.4, -0.2) is 26.7 Å². The molecular weight excluding hydrogens is 270 g/mol. The Morgan fingerprint density at radius 3 is 2.62 bits per heavy atom. The maximum Gasteiger partial charge on any atom is 0.302 e. The Hall–Kier alpha value is -1.03. The number of hydrogen-bond acceptors (Lipinski definition) is 3. The molecule has 0 saturated carbocycles. The minimum absolute atomic E-state index is 0.232. The fourth-order valence-electron chi connectivity index (χ4n) is 1.38. The second-order valence-electron chi connectivity index (χ2n) is 3.77. The molecule has 1 aromatic carbocycles. The van der Waals surface area contributed by atoms with Crippen molar-refractivity contribution in [3.63, 3.8) is 0 Å². The van der Waals surface area contributed by atoms with E-state index in [1.807, 2.05) is 31.1 Å². The van der Waals surface area contributed by atoms with Gasteiger partial charge in [-0.3, -0.25) is 4.79 Å². The van der Waals surface area contributed by atoms with Crippen molar-refractivity contribution in [1.82, 2.24) is 0 Å². The van der Waals surface area contributed by atoms with E-state index in [4.69, 9.17) is 4.74 Å². The molecule has 0 heterocycles. The summed E-state index contributed by atoms with van der Waals surface area (Å²) in [6.07, 6.45) is 0.742. The maximum atomic E-state index is 10.6. The molecule has 0 N–H and O–H groups in total. The van der Waals surface area contributed by atoms with Gasteiger partial charge in [0, 0.05) is 31.9 Å². The van der Waals surface area contributed by atoms with E-state index in [1.54, 1.807) is 0 Å². The number of nitrogens with zero attached hydrogens (tertiary/aromatic N) is 1. The Morgan fingerprint density at radius 1 is 1.44 bits per heavy atom. The Bertz CT molecular complexity index is 377. The van der Waals surface area contributed by atoms with E-state index in [0.29, 0.717) is 6.61 Å². The predicted molar refractivity (Wildman–Crippen MR) is 68.8 cm³/mol.